The zero-order chi connectivity index (χ0) is 9.42. The Kier molecular flexibility index (Phi) is 1.66. The second-order valence-electron chi connectivity index (χ2n) is 3.13. The maximum Gasteiger partial charge on any atom is 0.266 e. The van der Waals surface area contributed by atoms with Crippen LogP contribution in [0.3, 0.4) is 0 Å². The van der Waals surface area contributed by atoms with Gasteiger partial charge >= 0.3 is 0 Å². The summed E-state index contributed by atoms with van der Waals surface area (Å²) in [4.78, 5) is 13.6. The van der Waals surface area contributed by atoms with Gasteiger partial charge in [-0.15, -0.1) is 0 Å². The van der Waals surface area contributed by atoms with Crippen molar-refractivity contribution < 1.29 is 4.39 Å². The molecule has 3 nitrogen and oxygen atoms in total. The fourth-order valence-corrected chi connectivity index (χ4v) is 1.28. The molecule has 4 heteroatoms. The number of aromatic amines is 1. The molecule has 1 aliphatic rings. The maximum absolute atomic E-state index is 12.6. The van der Waals surface area contributed by atoms with E-state index in [2.05, 4.69) is 4.98 Å². The lowest BCUT2D eigenvalue weighted by atomic mass is 10.2. The Labute approximate surface area is 73.8 Å². The molecule has 2 rings (SSSR count). The number of nitriles is 1. The van der Waals surface area contributed by atoms with Gasteiger partial charge in [0.1, 0.15) is 17.8 Å². The molecule has 13 heavy (non-hydrogen) atoms. The first kappa shape index (κ1) is 7.99. The lowest BCUT2D eigenvalue weighted by Crippen LogP contribution is -2.11. The van der Waals surface area contributed by atoms with Crippen LogP contribution in [0.15, 0.2) is 16.9 Å². The molecule has 0 radical (unpaired) electrons. The van der Waals surface area contributed by atoms with E-state index in [9.17, 15) is 9.18 Å². The number of nitrogens with one attached hydrogen (secondary N) is 1. The number of nitrogens with zero attached hydrogens (tertiary/aromatic N) is 1. The third kappa shape index (κ3) is 1.33. The first-order valence-corrected chi connectivity index (χ1v) is 4.00. The summed E-state index contributed by atoms with van der Waals surface area (Å²) in [5.41, 5.74) is 0.232. The first-order chi connectivity index (χ1) is 6.22. The molecule has 1 N–H and O–H groups in total. The quantitative estimate of drug-likeness (QED) is 0.699. The Morgan fingerprint density at radius 3 is 2.77 bits per heavy atom. The molecule has 0 unspecified atom stereocenters. The minimum atomic E-state index is -0.830. The van der Waals surface area contributed by atoms with Crippen LogP contribution in [0.5, 0.6) is 0 Å². The van der Waals surface area contributed by atoms with Gasteiger partial charge in [-0.2, -0.15) is 5.26 Å². The summed E-state index contributed by atoms with van der Waals surface area (Å²) in [6.07, 6.45) is -0.356. The summed E-state index contributed by atoms with van der Waals surface area (Å²) in [6, 6.07) is 4.79. The Hall–Kier alpha value is -1.63. The molecule has 0 spiro atoms. The Morgan fingerprint density at radius 1 is 1.62 bits per heavy atom. The molecule has 1 fully saturated rings. The summed E-state index contributed by atoms with van der Waals surface area (Å²) in [7, 11) is 0. The van der Waals surface area contributed by atoms with Gasteiger partial charge in [0, 0.05) is 11.6 Å². The largest absolute Gasteiger partial charge is 0.325 e. The highest BCUT2D eigenvalue weighted by Gasteiger charge is 2.39. The minimum Gasteiger partial charge on any atom is -0.325 e. The van der Waals surface area contributed by atoms with Crippen molar-refractivity contribution in [1.82, 2.24) is 4.98 Å². The van der Waals surface area contributed by atoms with Crippen molar-refractivity contribution in [3.05, 3.63) is 33.7 Å². The van der Waals surface area contributed by atoms with Crippen molar-refractivity contribution in [2.45, 2.75) is 18.5 Å². The van der Waals surface area contributed by atoms with Gasteiger partial charge in [0.15, 0.2) is 0 Å². The van der Waals surface area contributed by atoms with E-state index in [0.29, 0.717) is 12.1 Å². The highest BCUT2D eigenvalue weighted by molar-refractivity contribution is 5.29. The van der Waals surface area contributed by atoms with Crippen molar-refractivity contribution in [2.75, 3.05) is 0 Å². The van der Waals surface area contributed by atoms with Gasteiger partial charge in [0.2, 0.25) is 0 Å². The topological polar surface area (TPSA) is 56.6 Å². The molecule has 1 heterocycles. The van der Waals surface area contributed by atoms with Crippen molar-refractivity contribution >= 4 is 0 Å². The Morgan fingerprint density at radius 2 is 2.31 bits per heavy atom. The third-order valence-electron chi connectivity index (χ3n) is 2.16. The van der Waals surface area contributed by atoms with Gasteiger partial charge < -0.3 is 4.98 Å². The van der Waals surface area contributed by atoms with Crippen LogP contribution < -0.4 is 5.56 Å². The number of hydrogen-bond donors (Lipinski definition) is 1. The molecule has 2 atom stereocenters. The average Bonchev–Trinajstić information content (AvgIpc) is 2.82. The van der Waals surface area contributed by atoms with Gasteiger partial charge in [-0.3, -0.25) is 4.79 Å². The van der Waals surface area contributed by atoms with Gasteiger partial charge in [0.05, 0.1) is 0 Å². The number of H-pyrrole nitrogens is 1. The SMILES string of the molecule is N#Cc1ccc([C@H]2C[C@@H]2F)[nH]c1=O. The van der Waals surface area contributed by atoms with E-state index in [1.165, 1.54) is 6.07 Å². The summed E-state index contributed by atoms with van der Waals surface area (Å²) in [6.45, 7) is 0. The highest BCUT2D eigenvalue weighted by atomic mass is 19.1. The first-order valence-electron chi connectivity index (χ1n) is 4.00. The molecular formula is C9H7FN2O. The van der Waals surface area contributed by atoms with Crippen LogP contribution in [-0.2, 0) is 0 Å². The zero-order valence-corrected chi connectivity index (χ0v) is 6.75. The third-order valence-corrected chi connectivity index (χ3v) is 2.16. The van der Waals surface area contributed by atoms with Crippen LogP contribution in [0, 0.1) is 11.3 Å². The van der Waals surface area contributed by atoms with Crippen LogP contribution in [0.4, 0.5) is 4.39 Å². The van der Waals surface area contributed by atoms with E-state index in [-0.39, 0.29) is 11.5 Å². The molecule has 1 saturated carbocycles. The smallest absolute Gasteiger partial charge is 0.266 e. The number of pyridine rings is 1. The number of halogens is 1. The fraction of sp³-hybridized carbons (Fsp3) is 0.333. The standard InChI is InChI=1S/C9H7FN2O/c10-7-3-6(7)8-2-1-5(4-11)9(13)12-8/h1-2,6-7H,3H2,(H,12,13)/t6-,7-/m0/s1. The Bertz CT molecular complexity index is 432. The highest BCUT2D eigenvalue weighted by Crippen LogP contribution is 2.41. The molecule has 1 aromatic rings. The van der Waals surface area contributed by atoms with Crippen molar-refractivity contribution in [2.24, 2.45) is 0 Å². The van der Waals surface area contributed by atoms with E-state index in [1.807, 2.05) is 0 Å². The lowest BCUT2D eigenvalue weighted by Gasteiger charge is -1.96. The van der Waals surface area contributed by atoms with Crippen LogP contribution in [0.2, 0.25) is 0 Å². The van der Waals surface area contributed by atoms with E-state index in [1.54, 1.807) is 12.1 Å². The molecule has 1 aliphatic carbocycles. The predicted octanol–water partition coefficient (Wildman–Crippen LogP) is 1.07. The Balaban J connectivity index is 2.38. The molecule has 0 amide bonds. The lowest BCUT2D eigenvalue weighted by molar-refractivity contribution is 0.466. The van der Waals surface area contributed by atoms with E-state index in [4.69, 9.17) is 5.26 Å². The molecular weight excluding hydrogens is 171 g/mol. The predicted molar refractivity (Wildman–Crippen MR) is 44.0 cm³/mol. The summed E-state index contributed by atoms with van der Waals surface area (Å²) < 4.78 is 12.6. The van der Waals surface area contributed by atoms with Gasteiger partial charge in [-0.25, -0.2) is 4.39 Å². The van der Waals surface area contributed by atoms with Crippen molar-refractivity contribution in [1.29, 1.82) is 5.26 Å². The molecule has 0 aliphatic heterocycles. The molecule has 0 saturated heterocycles. The second kappa shape index (κ2) is 2.70. The number of rotatable bonds is 1. The van der Waals surface area contributed by atoms with Crippen LogP contribution in [-0.4, -0.2) is 11.2 Å². The van der Waals surface area contributed by atoms with Crippen LogP contribution >= 0.6 is 0 Å². The van der Waals surface area contributed by atoms with Crippen LogP contribution in [0.25, 0.3) is 0 Å². The molecule has 66 valence electrons. The minimum absolute atomic E-state index is 0.0693. The fourth-order valence-electron chi connectivity index (χ4n) is 1.28. The molecule has 0 bridgehead atoms. The van der Waals surface area contributed by atoms with Crippen LogP contribution in [0.1, 0.15) is 23.6 Å². The number of alkyl halides is 1. The summed E-state index contributed by atoms with van der Waals surface area (Å²) >= 11 is 0. The summed E-state index contributed by atoms with van der Waals surface area (Å²) in [5, 5.41) is 8.47. The second-order valence-corrected chi connectivity index (χ2v) is 3.13. The van der Waals surface area contributed by atoms with E-state index < -0.39 is 11.7 Å². The zero-order valence-electron chi connectivity index (χ0n) is 6.75. The average molecular weight is 178 g/mol. The summed E-state index contributed by atoms with van der Waals surface area (Å²) in [5.74, 6) is -0.166. The van der Waals surface area contributed by atoms with Crippen molar-refractivity contribution in [3.63, 3.8) is 0 Å². The number of hydrogen-bond acceptors (Lipinski definition) is 2. The van der Waals surface area contributed by atoms with E-state index in [0.717, 1.165) is 0 Å². The number of aromatic nitrogens is 1. The van der Waals surface area contributed by atoms with E-state index >= 15 is 0 Å². The van der Waals surface area contributed by atoms with Crippen molar-refractivity contribution in [3.8, 4) is 6.07 Å². The molecule has 1 aromatic heterocycles. The monoisotopic (exact) mass is 178 g/mol. The molecule has 0 aromatic carbocycles. The maximum atomic E-state index is 12.6. The van der Waals surface area contributed by atoms with Gasteiger partial charge in [-0.1, -0.05) is 0 Å². The van der Waals surface area contributed by atoms with Gasteiger partial charge in [0.25, 0.3) is 5.56 Å². The normalized spacial score (nSPS) is 25.2. The van der Waals surface area contributed by atoms with Gasteiger partial charge in [-0.05, 0) is 18.6 Å².